The Morgan fingerprint density at radius 2 is 2.27 bits per heavy atom. The highest BCUT2D eigenvalue weighted by atomic mass is 16.5. The maximum absolute atomic E-state index is 11.7. The van der Waals surface area contributed by atoms with E-state index < -0.39 is 0 Å². The van der Waals surface area contributed by atoms with Gasteiger partial charge < -0.3 is 10.1 Å². The van der Waals surface area contributed by atoms with E-state index in [0.29, 0.717) is 25.3 Å². The Morgan fingerprint density at radius 3 is 2.80 bits per heavy atom. The Kier molecular flexibility index (Phi) is 4.33. The van der Waals surface area contributed by atoms with Crippen LogP contribution in [0.25, 0.3) is 0 Å². The minimum atomic E-state index is 0.0715. The van der Waals surface area contributed by atoms with E-state index in [0.717, 1.165) is 12.8 Å². The predicted molar refractivity (Wildman–Crippen MR) is 60.6 cm³/mol. The molecule has 0 saturated carbocycles. The van der Waals surface area contributed by atoms with Crippen molar-refractivity contribution >= 4 is 5.78 Å². The van der Waals surface area contributed by atoms with Crippen LogP contribution in [0.1, 0.15) is 40.0 Å². The molecular formula is C12H21NO2. The third kappa shape index (κ3) is 4.98. The highest BCUT2D eigenvalue weighted by Crippen LogP contribution is 2.12. The summed E-state index contributed by atoms with van der Waals surface area (Å²) < 4.78 is 5.31. The number of allylic oxidation sites excluding steroid dienone is 2. The van der Waals surface area contributed by atoms with Gasteiger partial charge in [0.1, 0.15) is 0 Å². The van der Waals surface area contributed by atoms with Gasteiger partial charge in [-0.05, 0) is 39.7 Å². The SMILES string of the molecule is CC(C)(C)NCCC(=O)C1=CCCCO1. The van der Waals surface area contributed by atoms with Crippen LogP contribution in [-0.2, 0) is 9.53 Å². The Balaban J connectivity index is 2.27. The van der Waals surface area contributed by atoms with Crippen molar-refractivity contribution in [1.82, 2.24) is 5.32 Å². The highest BCUT2D eigenvalue weighted by molar-refractivity contribution is 5.93. The summed E-state index contributed by atoms with van der Waals surface area (Å²) in [5.41, 5.74) is 0.0715. The van der Waals surface area contributed by atoms with Gasteiger partial charge in [-0.15, -0.1) is 0 Å². The predicted octanol–water partition coefficient (Wildman–Crippen LogP) is 2.03. The first-order valence-electron chi connectivity index (χ1n) is 5.60. The van der Waals surface area contributed by atoms with Crippen molar-refractivity contribution in [3.8, 4) is 0 Å². The molecule has 0 amide bonds. The third-order valence-electron chi connectivity index (χ3n) is 2.22. The van der Waals surface area contributed by atoms with Crippen molar-refractivity contribution in [2.45, 2.75) is 45.6 Å². The Morgan fingerprint density at radius 1 is 1.53 bits per heavy atom. The van der Waals surface area contributed by atoms with E-state index in [2.05, 4.69) is 26.1 Å². The number of Topliss-reactive ketones (excluding diaryl/α,β-unsaturated/α-hetero) is 1. The number of carbonyl (C=O) groups excluding carboxylic acids is 1. The molecule has 3 heteroatoms. The monoisotopic (exact) mass is 211 g/mol. The summed E-state index contributed by atoms with van der Waals surface area (Å²) in [4.78, 5) is 11.7. The molecule has 0 unspecified atom stereocenters. The second kappa shape index (κ2) is 5.31. The summed E-state index contributed by atoms with van der Waals surface area (Å²) in [5.74, 6) is 0.684. The number of hydrogen-bond acceptors (Lipinski definition) is 3. The fourth-order valence-electron chi connectivity index (χ4n) is 1.43. The smallest absolute Gasteiger partial charge is 0.198 e. The van der Waals surface area contributed by atoms with Crippen LogP contribution in [0.2, 0.25) is 0 Å². The summed E-state index contributed by atoms with van der Waals surface area (Å²) in [6.07, 6.45) is 4.41. The average molecular weight is 211 g/mol. The molecule has 1 aliphatic heterocycles. The summed E-state index contributed by atoms with van der Waals surface area (Å²) in [5, 5.41) is 3.29. The van der Waals surface area contributed by atoms with Crippen LogP contribution in [0.15, 0.2) is 11.8 Å². The minimum Gasteiger partial charge on any atom is -0.490 e. The zero-order valence-electron chi connectivity index (χ0n) is 9.93. The van der Waals surface area contributed by atoms with Crippen molar-refractivity contribution in [3.63, 3.8) is 0 Å². The molecule has 0 fully saturated rings. The Hall–Kier alpha value is -0.830. The molecule has 0 radical (unpaired) electrons. The molecule has 1 heterocycles. The summed E-state index contributed by atoms with van der Waals surface area (Å²) in [7, 11) is 0. The first-order chi connectivity index (χ1) is 6.99. The number of ketones is 1. The first-order valence-corrected chi connectivity index (χ1v) is 5.60. The standard InChI is InChI=1S/C12H21NO2/c1-12(2,3)13-8-7-10(14)11-6-4-5-9-15-11/h6,13H,4-5,7-9H2,1-3H3. The van der Waals surface area contributed by atoms with E-state index >= 15 is 0 Å². The molecule has 0 bridgehead atoms. The van der Waals surface area contributed by atoms with Crippen molar-refractivity contribution in [1.29, 1.82) is 0 Å². The maximum atomic E-state index is 11.7. The fourth-order valence-corrected chi connectivity index (χ4v) is 1.43. The normalized spacial score (nSPS) is 16.9. The van der Waals surface area contributed by atoms with Gasteiger partial charge in [0, 0.05) is 18.5 Å². The van der Waals surface area contributed by atoms with Crippen LogP contribution in [0.3, 0.4) is 0 Å². The summed E-state index contributed by atoms with van der Waals surface area (Å²) in [6.45, 7) is 7.67. The van der Waals surface area contributed by atoms with Crippen molar-refractivity contribution in [2.75, 3.05) is 13.2 Å². The molecular weight excluding hydrogens is 190 g/mol. The second-order valence-corrected chi connectivity index (χ2v) is 4.91. The highest BCUT2D eigenvalue weighted by Gasteiger charge is 2.15. The van der Waals surface area contributed by atoms with E-state index in [1.54, 1.807) is 0 Å². The van der Waals surface area contributed by atoms with Gasteiger partial charge in [0.15, 0.2) is 11.5 Å². The molecule has 3 nitrogen and oxygen atoms in total. The van der Waals surface area contributed by atoms with Crippen molar-refractivity contribution in [3.05, 3.63) is 11.8 Å². The number of hydrogen-bond donors (Lipinski definition) is 1. The lowest BCUT2D eigenvalue weighted by molar-refractivity contribution is -0.119. The van der Waals surface area contributed by atoms with Crippen LogP contribution in [0.5, 0.6) is 0 Å². The van der Waals surface area contributed by atoms with E-state index in [9.17, 15) is 4.79 Å². The van der Waals surface area contributed by atoms with Gasteiger partial charge in [0.05, 0.1) is 6.61 Å². The summed E-state index contributed by atoms with van der Waals surface area (Å²) in [6, 6.07) is 0. The molecule has 0 aliphatic carbocycles. The number of nitrogens with one attached hydrogen (secondary N) is 1. The lowest BCUT2D eigenvalue weighted by Gasteiger charge is -2.20. The fraction of sp³-hybridized carbons (Fsp3) is 0.750. The van der Waals surface area contributed by atoms with Gasteiger partial charge in [0.25, 0.3) is 0 Å². The number of rotatable bonds is 4. The molecule has 1 aliphatic rings. The first kappa shape index (κ1) is 12.2. The average Bonchev–Trinajstić information content (AvgIpc) is 2.17. The topological polar surface area (TPSA) is 38.3 Å². The quantitative estimate of drug-likeness (QED) is 0.773. The van der Waals surface area contributed by atoms with Gasteiger partial charge in [-0.3, -0.25) is 4.79 Å². The van der Waals surface area contributed by atoms with Gasteiger partial charge in [-0.1, -0.05) is 0 Å². The van der Waals surface area contributed by atoms with Crippen LogP contribution in [0.4, 0.5) is 0 Å². The summed E-state index contributed by atoms with van der Waals surface area (Å²) >= 11 is 0. The molecule has 0 aromatic carbocycles. The minimum absolute atomic E-state index is 0.0715. The molecule has 0 saturated heterocycles. The molecule has 0 atom stereocenters. The van der Waals surface area contributed by atoms with E-state index in [4.69, 9.17) is 4.74 Å². The van der Waals surface area contributed by atoms with Crippen molar-refractivity contribution in [2.24, 2.45) is 0 Å². The van der Waals surface area contributed by atoms with Crippen LogP contribution in [-0.4, -0.2) is 24.5 Å². The molecule has 15 heavy (non-hydrogen) atoms. The zero-order valence-corrected chi connectivity index (χ0v) is 9.93. The van der Waals surface area contributed by atoms with Crippen LogP contribution >= 0.6 is 0 Å². The largest absolute Gasteiger partial charge is 0.490 e. The van der Waals surface area contributed by atoms with E-state index in [1.165, 1.54) is 0 Å². The third-order valence-corrected chi connectivity index (χ3v) is 2.22. The number of ether oxygens (including phenoxy) is 1. The molecule has 0 aromatic rings. The Labute approximate surface area is 91.9 Å². The van der Waals surface area contributed by atoms with Gasteiger partial charge in [-0.2, -0.15) is 0 Å². The van der Waals surface area contributed by atoms with E-state index in [-0.39, 0.29) is 11.3 Å². The van der Waals surface area contributed by atoms with Crippen LogP contribution < -0.4 is 5.32 Å². The van der Waals surface area contributed by atoms with Crippen molar-refractivity contribution < 1.29 is 9.53 Å². The number of carbonyl (C=O) groups is 1. The molecule has 0 aromatic heterocycles. The second-order valence-electron chi connectivity index (χ2n) is 4.91. The maximum Gasteiger partial charge on any atom is 0.198 e. The Bertz CT molecular complexity index is 251. The van der Waals surface area contributed by atoms with Gasteiger partial charge >= 0.3 is 0 Å². The van der Waals surface area contributed by atoms with Gasteiger partial charge in [-0.25, -0.2) is 0 Å². The lowest BCUT2D eigenvalue weighted by atomic mass is 10.1. The van der Waals surface area contributed by atoms with Crippen LogP contribution in [0, 0.1) is 0 Å². The zero-order chi connectivity index (χ0) is 11.3. The lowest BCUT2D eigenvalue weighted by Crippen LogP contribution is -2.37. The molecule has 1 rings (SSSR count). The van der Waals surface area contributed by atoms with E-state index in [1.807, 2.05) is 6.08 Å². The molecule has 0 spiro atoms. The van der Waals surface area contributed by atoms with Gasteiger partial charge in [0.2, 0.25) is 0 Å². The molecule has 1 N–H and O–H groups in total. The molecule has 86 valence electrons.